The molecule has 0 unspecified atom stereocenters. The average molecular weight is 419 g/mol. The predicted molar refractivity (Wildman–Crippen MR) is 105 cm³/mol. The van der Waals surface area contributed by atoms with Crippen LogP contribution in [0.3, 0.4) is 0 Å². The van der Waals surface area contributed by atoms with Gasteiger partial charge in [-0.15, -0.1) is 0 Å². The Hall–Kier alpha value is -3.17. The fraction of sp³-hybridized carbons (Fsp3) is 0.400. The molecule has 10 heteroatoms. The third-order valence-electron chi connectivity index (χ3n) is 5.41. The SMILES string of the molecule is C[C@@H](CC(=O)c1ccc2c(n1)N(C(=O)Nc1ccccn1)[C@H]1CCN2C1)C(F)(F)F. The number of urea groups is 1. The second kappa shape index (κ2) is 7.58. The largest absolute Gasteiger partial charge is 0.391 e. The average Bonchev–Trinajstić information content (AvgIpc) is 3.12. The Morgan fingerprint density at radius 2 is 2.07 bits per heavy atom. The van der Waals surface area contributed by atoms with Gasteiger partial charge in [0, 0.05) is 25.7 Å². The number of fused-ring (bicyclic) bond motifs is 4. The van der Waals surface area contributed by atoms with Crippen LogP contribution in [-0.4, -0.2) is 47.1 Å². The highest BCUT2D eigenvalue weighted by atomic mass is 19.4. The van der Waals surface area contributed by atoms with Crippen LogP contribution in [0.25, 0.3) is 0 Å². The number of amides is 2. The normalized spacial score (nSPS) is 18.7. The van der Waals surface area contributed by atoms with Crippen molar-refractivity contribution in [2.24, 2.45) is 5.92 Å². The number of rotatable bonds is 4. The van der Waals surface area contributed by atoms with Crippen LogP contribution in [0.5, 0.6) is 0 Å². The summed E-state index contributed by atoms with van der Waals surface area (Å²) in [6, 6.07) is 7.60. The molecule has 1 N–H and O–H groups in total. The van der Waals surface area contributed by atoms with Crippen LogP contribution in [0.1, 0.15) is 30.3 Å². The molecule has 30 heavy (non-hydrogen) atoms. The number of hydrogen-bond acceptors (Lipinski definition) is 5. The van der Waals surface area contributed by atoms with Gasteiger partial charge in [-0.2, -0.15) is 13.2 Å². The minimum Gasteiger partial charge on any atom is -0.366 e. The second-order valence-electron chi connectivity index (χ2n) is 7.51. The first-order valence-corrected chi connectivity index (χ1v) is 9.61. The molecule has 2 aromatic rings. The molecular formula is C20H20F3N5O2. The van der Waals surface area contributed by atoms with Gasteiger partial charge in [0.2, 0.25) is 0 Å². The molecule has 1 fully saturated rings. The molecule has 0 spiro atoms. The number of halogens is 3. The van der Waals surface area contributed by atoms with Crippen LogP contribution in [0.2, 0.25) is 0 Å². The number of nitrogens with zero attached hydrogens (tertiary/aromatic N) is 4. The van der Waals surface area contributed by atoms with E-state index in [-0.39, 0.29) is 17.6 Å². The van der Waals surface area contributed by atoms with Crippen molar-refractivity contribution in [1.82, 2.24) is 9.97 Å². The van der Waals surface area contributed by atoms with Gasteiger partial charge in [-0.1, -0.05) is 13.0 Å². The highest BCUT2D eigenvalue weighted by molar-refractivity contribution is 6.05. The van der Waals surface area contributed by atoms with Gasteiger partial charge < -0.3 is 4.90 Å². The van der Waals surface area contributed by atoms with Crippen LogP contribution >= 0.6 is 0 Å². The first kappa shape index (κ1) is 20.1. The summed E-state index contributed by atoms with van der Waals surface area (Å²) in [5, 5.41) is 2.72. The molecule has 1 saturated heterocycles. The van der Waals surface area contributed by atoms with Gasteiger partial charge in [0.25, 0.3) is 0 Å². The van der Waals surface area contributed by atoms with Crippen molar-refractivity contribution >= 4 is 29.1 Å². The van der Waals surface area contributed by atoms with Crippen molar-refractivity contribution in [2.75, 3.05) is 28.2 Å². The van der Waals surface area contributed by atoms with Gasteiger partial charge >= 0.3 is 12.2 Å². The maximum absolute atomic E-state index is 13.0. The number of carbonyl (C=O) groups is 2. The number of carbonyl (C=O) groups excluding carboxylic acids is 2. The number of ketones is 1. The number of alkyl halides is 3. The van der Waals surface area contributed by atoms with Crippen LogP contribution in [0.15, 0.2) is 36.5 Å². The third kappa shape index (κ3) is 3.81. The molecular weight excluding hydrogens is 399 g/mol. The second-order valence-corrected chi connectivity index (χ2v) is 7.51. The molecule has 0 aliphatic carbocycles. The molecule has 4 heterocycles. The molecule has 2 aliphatic heterocycles. The number of Topliss-reactive ketones (excluding diaryl/α,β-unsaturated/α-hetero) is 1. The van der Waals surface area contributed by atoms with Gasteiger partial charge in [-0.3, -0.25) is 15.0 Å². The van der Waals surface area contributed by atoms with Crippen LogP contribution in [0.4, 0.5) is 35.3 Å². The summed E-state index contributed by atoms with van der Waals surface area (Å²) in [7, 11) is 0. The van der Waals surface area contributed by atoms with Gasteiger partial charge in [0.1, 0.15) is 11.5 Å². The summed E-state index contributed by atoms with van der Waals surface area (Å²) in [6.07, 6.45) is -2.87. The van der Waals surface area contributed by atoms with Crippen LogP contribution in [0, 0.1) is 5.92 Å². The molecule has 4 rings (SSSR count). The summed E-state index contributed by atoms with van der Waals surface area (Å²) in [4.78, 5) is 37.4. The zero-order valence-corrected chi connectivity index (χ0v) is 16.2. The maximum atomic E-state index is 13.0. The zero-order valence-electron chi connectivity index (χ0n) is 16.2. The van der Waals surface area contributed by atoms with Gasteiger partial charge in [0.05, 0.1) is 17.6 Å². The van der Waals surface area contributed by atoms with E-state index in [1.54, 1.807) is 30.5 Å². The number of nitrogens with one attached hydrogen (secondary N) is 1. The Labute approximate surface area is 170 Å². The molecule has 0 aromatic carbocycles. The highest BCUT2D eigenvalue weighted by Gasteiger charge is 2.41. The van der Waals surface area contributed by atoms with Gasteiger partial charge in [0.15, 0.2) is 11.6 Å². The Balaban J connectivity index is 1.63. The Morgan fingerprint density at radius 3 is 2.77 bits per heavy atom. The van der Waals surface area contributed by atoms with Crippen LogP contribution in [-0.2, 0) is 0 Å². The fourth-order valence-corrected chi connectivity index (χ4v) is 3.73. The fourth-order valence-electron chi connectivity index (χ4n) is 3.73. The highest BCUT2D eigenvalue weighted by Crippen LogP contribution is 2.39. The Bertz CT molecular complexity index is 967. The topological polar surface area (TPSA) is 78.4 Å². The van der Waals surface area contributed by atoms with E-state index in [2.05, 4.69) is 20.2 Å². The van der Waals surface area contributed by atoms with Crippen molar-refractivity contribution in [2.45, 2.75) is 32.0 Å². The molecule has 7 nitrogen and oxygen atoms in total. The number of aromatic nitrogens is 2. The minimum atomic E-state index is -4.46. The molecule has 2 aliphatic rings. The van der Waals surface area contributed by atoms with E-state index in [1.165, 1.54) is 11.0 Å². The van der Waals surface area contributed by atoms with Crippen LogP contribution < -0.4 is 15.1 Å². The van der Waals surface area contributed by atoms with E-state index in [0.29, 0.717) is 18.1 Å². The predicted octanol–water partition coefficient (Wildman–Crippen LogP) is 3.88. The summed E-state index contributed by atoms with van der Waals surface area (Å²) >= 11 is 0. The lowest BCUT2D eigenvalue weighted by Gasteiger charge is -2.35. The van der Waals surface area contributed by atoms with Crippen molar-refractivity contribution in [3.05, 3.63) is 42.2 Å². The lowest BCUT2D eigenvalue weighted by atomic mass is 10.0. The van der Waals surface area contributed by atoms with Crippen molar-refractivity contribution < 1.29 is 22.8 Å². The molecule has 0 radical (unpaired) electrons. The summed E-state index contributed by atoms with van der Waals surface area (Å²) in [6.45, 7) is 2.32. The summed E-state index contributed by atoms with van der Waals surface area (Å²) in [5.41, 5.74) is 0.600. The lowest BCUT2D eigenvalue weighted by Crippen LogP contribution is -2.48. The maximum Gasteiger partial charge on any atom is 0.391 e. The molecule has 2 amide bonds. The smallest absolute Gasteiger partial charge is 0.366 e. The van der Waals surface area contributed by atoms with Gasteiger partial charge in [-0.25, -0.2) is 14.8 Å². The third-order valence-corrected chi connectivity index (χ3v) is 5.41. The molecule has 0 saturated carbocycles. The molecule has 2 aromatic heterocycles. The quantitative estimate of drug-likeness (QED) is 0.761. The van der Waals surface area contributed by atoms with E-state index < -0.39 is 30.3 Å². The molecule has 2 bridgehead atoms. The van der Waals surface area contributed by atoms with Gasteiger partial charge in [-0.05, 0) is 30.7 Å². The first-order valence-electron chi connectivity index (χ1n) is 9.61. The molecule has 2 atom stereocenters. The number of anilines is 3. The number of pyridine rings is 2. The van der Waals surface area contributed by atoms with Crippen molar-refractivity contribution in [1.29, 1.82) is 0 Å². The Kier molecular flexibility index (Phi) is 5.08. The standard InChI is InChI=1S/C20H20F3N5O2/c1-12(20(21,22)23)10-16(29)14-5-6-15-18(25-14)28(13-7-9-27(15)11-13)19(30)26-17-4-2-3-8-24-17/h2-6,8,12-13H,7,9-11H2,1H3,(H,24,26,30)/t12-,13-/m0/s1. The summed E-state index contributed by atoms with van der Waals surface area (Å²) < 4.78 is 38.5. The first-order chi connectivity index (χ1) is 14.2. The van der Waals surface area contributed by atoms with E-state index in [0.717, 1.165) is 19.9 Å². The van der Waals surface area contributed by atoms with E-state index >= 15 is 0 Å². The number of hydrogen-bond donors (Lipinski definition) is 1. The van der Waals surface area contributed by atoms with E-state index in [4.69, 9.17) is 0 Å². The van der Waals surface area contributed by atoms with Crippen molar-refractivity contribution in [3.63, 3.8) is 0 Å². The lowest BCUT2D eigenvalue weighted by molar-refractivity contribution is -0.168. The summed E-state index contributed by atoms with van der Waals surface area (Å²) in [5.74, 6) is -1.83. The van der Waals surface area contributed by atoms with E-state index in [9.17, 15) is 22.8 Å². The van der Waals surface area contributed by atoms with E-state index in [1.807, 2.05) is 0 Å². The monoisotopic (exact) mass is 419 g/mol. The minimum absolute atomic E-state index is 0.0806. The zero-order chi connectivity index (χ0) is 21.5. The Morgan fingerprint density at radius 1 is 1.27 bits per heavy atom. The molecule has 158 valence electrons. The van der Waals surface area contributed by atoms with Crippen molar-refractivity contribution in [3.8, 4) is 0 Å².